The van der Waals surface area contributed by atoms with Crippen LogP contribution in [0.5, 0.6) is 0 Å². The van der Waals surface area contributed by atoms with Gasteiger partial charge in [0.05, 0.1) is 5.56 Å². The minimum Gasteiger partial charge on any atom is -0.313 e. The summed E-state index contributed by atoms with van der Waals surface area (Å²) in [7, 11) is 0. The fourth-order valence-corrected chi connectivity index (χ4v) is 1.35. The van der Waals surface area contributed by atoms with Gasteiger partial charge in [-0.1, -0.05) is 25.1 Å². The molecule has 0 bridgehead atoms. The second kappa shape index (κ2) is 5.16. The monoisotopic (exact) mass is 217 g/mol. The maximum absolute atomic E-state index is 12.5. The van der Waals surface area contributed by atoms with Crippen molar-refractivity contribution < 1.29 is 13.2 Å². The van der Waals surface area contributed by atoms with Crippen molar-refractivity contribution in [2.24, 2.45) is 0 Å². The molecule has 0 fully saturated rings. The number of hydrogen-bond donors (Lipinski definition) is 1. The van der Waals surface area contributed by atoms with Crippen LogP contribution in [-0.2, 0) is 12.7 Å². The summed E-state index contributed by atoms with van der Waals surface area (Å²) in [5.74, 6) is 0. The van der Waals surface area contributed by atoms with E-state index in [9.17, 15) is 13.2 Å². The molecule has 15 heavy (non-hydrogen) atoms. The minimum atomic E-state index is -4.26. The van der Waals surface area contributed by atoms with Gasteiger partial charge in [-0.25, -0.2) is 0 Å². The van der Waals surface area contributed by atoms with E-state index in [0.29, 0.717) is 5.56 Å². The number of nitrogens with one attached hydrogen (secondary N) is 1. The van der Waals surface area contributed by atoms with Gasteiger partial charge in [-0.2, -0.15) is 13.2 Å². The Kier molecular flexibility index (Phi) is 4.15. The summed E-state index contributed by atoms with van der Waals surface area (Å²) in [4.78, 5) is 0. The first kappa shape index (κ1) is 12.0. The molecule has 84 valence electrons. The molecule has 1 aromatic rings. The molecule has 1 nitrogen and oxygen atoms in total. The van der Waals surface area contributed by atoms with Crippen molar-refractivity contribution in [1.82, 2.24) is 5.32 Å². The van der Waals surface area contributed by atoms with E-state index < -0.39 is 11.7 Å². The topological polar surface area (TPSA) is 12.0 Å². The molecule has 1 rings (SSSR count). The van der Waals surface area contributed by atoms with Gasteiger partial charge in [0.1, 0.15) is 0 Å². The number of alkyl halides is 3. The van der Waals surface area contributed by atoms with E-state index in [-0.39, 0.29) is 6.54 Å². The highest BCUT2D eigenvalue weighted by Gasteiger charge is 2.32. The van der Waals surface area contributed by atoms with Crippen molar-refractivity contribution in [3.63, 3.8) is 0 Å². The van der Waals surface area contributed by atoms with Gasteiger partial charge < -0.3 is 5.32 Å². The van der Waals surface area contributed by atoms with E-state index in [1.165, 1.54) is 12.1 Å². The van der Waals surface area contributed by atoms with Crippen LogP contribution >= 0.6 is 0 Å². The zero-order chi connectivity index (χ0) is 11.3. The Morgan fingerprint density at radius 2 is 1.87 bits per heavy atom. The Labute approximate surface area is 87.3 Å². The lowest BCUT2D eigenvalue weighted by molar-refractivity contribution is -0.138. The van der Waals surface area contributed by atoms with Gasteiger partial charge in [0.2, 0.25) is 0 Å². The van der Waals surface area contributed by atoms with Gasteiger partial charge in [0.15, 0.2) is 0 Å². The normalized spacial score (nSPS) is 11.7. The van der Waals surface area contributed by atoms with E-state index in [0.717, 1.165) is 19.0 Å². The van der Waals surface area contributed by atoms with Crippen LogP contribution in [0.2, 0.25) is 0 Å². The van der Waals surface area contributed by atoms with Crippen LogP contribution in [0, 0.1) is 0 Å². The quantitative estimate of drug-likeness (QED) is 0.763. The van der Waals surface area contributed by atoms with Crippen LogP contribution in [0.1, 0.15) is 24.5 Å². The molecule has 4 heteroatoms. The minimum absolute atomic E-state index is 0.267. The van der Waals surface area contributed by atoms with Gasteiger partial charge in [-0.3, -0.25) is 0 Å². The molecule has 0 amide bonds. The second-order valence-electron chi connectivity index (χ2n) is 3.33. The predicted octanol–water partition coefficient (Wildman–Crippen LogP) is 3.21. The first-order valence-electron chi connectivity index (χ1n) is 4.91. The summed E-state index contributed by atoms with van der Waals surface area (Å²) in [6.45, 7) is 2.97. The van der Waals surface area contributed by atoms with Gasteiger partial charge >= 0.3 is 6.18 Å². The Morgan fingerprint density at radius 3 is 2.47 bits per heavy atom. The molecule has 0 aliphatic heterocycles. The zero-order valence-electron chi connectivity index (χ0n) is 8.56. The lowest BCUT2D eigenvalue weighted by atomic mass is 10.1. The predicted molar refractivity (Wildman–Crippen MR) is 53.4 cm³/mol. The van der Waals surface area contributed by atoms with Gasteiger partial charge in [-0.15, -0.1) is 0 Å². The molecular formula is C11H14F3N. The molecule has 0 aliphatic rings. The third-order valence-corrected chi connectivity index (χ3v) is 2.06. The molecular weight excluding hydrogens is 203 g/mol. The summed E-state index contributed by atoms with van der Waals surface area (Å²) in [5, 5.41) is 2.96. The van der Waals surface area contributed by atoms with Crippen molar-refractivity contribution in [2.75, 3.05) is 6.54 Å². The molecule has 0 atom stereocenters. The van der Waals surface area contributed by atoms with E-state index in [4.69, 9.17) is 0 Å². The van der Waals surface area contributed by atoms with E-state index in [1.807, 2.05) is 6.92 Å². The van der Waals surface area contributed by atoms with Gasteiger partial charge in [-0.05, 0) is 24.6 Å². The summed E-state index contributed by atoms with van der Waals surface area (Å²) < 4.78 is 37.6. The number of hydrogen-bond acceptors (Lipinski definition) is 1. The highest BCUT2D eigenvalue weighted by Crippen LogP contribution is 2.31. The average molecular weight is 217 g/mol. The van der Waals surface area contributed by atoms with E-state index >= 15 is 0 Å². The lowest BCUT2D eigenvalue weighted by Gasteiger charge is -2.12. The Bertz CT molecular complexity index is 307. The van der Waals surface area contributed by atoms with Crippen LogP contribution in [0.3, 0.4) is 0 Å². The number of halogens is 3. The maximum atomic E-state index is 12.5. The molecule has 1 aromatic carbocycles. The van der Waals surface area contributed by atoms with Crippen LogP contribution in [0.15, 0.2) is 24.3 Å². The van der Waals surface area contributed by atoms with E-state index in [2.05, 4.69) is 5.32 Å². The Balaban J connectivity index is 2.78. The molecule has 0 radical (unpaired) electrons. The van der Waals surface area contributed by atoms with Crippen LogP contribution < -0.4 is 5.32 Å². The van der Waals surface area contributed by atoms with Crippen LogP contribution in [0.25, 0.3) is 0 Å². The molecule has 0 spiro atoms. The first-order valence-corrected chi connectivity index (χ1v) is 4.91. The van der Waals surface area contributed by atoms with Gasteiger partial charge in [0, 0.05) is 6.54 Å². The van der Waals surface area contributed by atoms with Crippen molar-refractivity contribution in [1.29, 1.82) is 0 Å². The zero-order valence-corrected chi connectivity index (χ0v) is 8.56. The summed E-state index contributed by atoms with van der Waals surface area (Å²) >= 11 is 0. The molecule has 0 unspecified atom stereocenters. The molecule has 0 saturated carbocycles. The molecule has 1 N–H and O–H groups in total. The number of benzene rings is 1. The molecule has 0 aliphatic carbocycles. The highest BCUT2D eigenvalue weighted by atomic mass is 19.4. The summed E-state index contributed by atoms with van der Waals surface area (Å²) in [5.41, 5.74) is -0.243. The van der Waals surface area contributed by atoms with Crippen LogP contribution in [-0.4, -0.2) is 6.54 Å². The van der Waals surface area contributed by atoms with Gasteiger partial charge in [0.25, 0.3) is 0 Å². The largest absolute Gasteiger partial charge is 0.416 e. The van der Waals surface area contributed by atoms with Crippen molar-refractivity contribution in [3.05, 3.63) is 35.4 Å². The Hall–Kier alpha value is -1.03. The third kappa shape index (κ3) is 3.55. The SMILES string of the molecule is CCCNCc1ccccc1C(F)(F)F. The lowest BCUT2D eigenvalue weighted by Crippen LogP contribution is -2.18. The fourth-order valence-electron chi connectivity index (χ4n) is 1.35. The third-order valence-electron chi connectivity index (χ3n) is 2.06. The Morgan fingerprint density at radius 1 is 1.20 bits per heavy atom. The van der Waals surface area contributed by atoms with Crippen LogP contribution in [0.4, 0.5) is 13.2 Å². The van der Waals surface area contributed by atoms with Crippen molar-refractivity contribution in [2.45, 2.75) is 26.1 Å². The van der Waals surface area contributed by atoms with E-state index in [1.54, 1.807) is 6.07 Å². The second-order valence-corrected chi connectivity index (χ2v) is 3.33. The molecule has 0 aromatic heterocycles. The standard InChI is InChI=1S/C11H14F3N/c1-2-7-15-8-9-5-3-4-6-10(9)11(12,13)14/h3-6,15H,2,7-8H2,1H3. The smallest absolute Gasteiger partial charge is 0.313 e. The van der Waals surface area contributed by atoms with Crippen molar-refractivity contribution >= 4 is 0 Å². The van der Waals surface area contributed by atoms with Crippen molar-refractivity contribution in [3.8, 4) is 0 Å². The summed E-state index contributed by atoms with van der Waals surface area (Å²) in [6.07, 6.45) is -3.35. The maximum Gasteiger partial charge on any atom is 0.416 e. The molecule has 0 heterocycles. The number of rotatable bonds is 4. The fraction of sp³-hybridized carbons (Fsp3) is 0.455. The molecule has 0 saturated heterocycles. The average Bonchev–Trinajstić information content (AvgIpc) is 2.17. The highest BCUT2D eigenvalue weighted by molar-refractivity contribution is 5.29. The summed E-state index contributed by atoms with van der Waals surface area (Å²) in [6, 6.07) is 5.65. The first-order chi connectivity index (χ1) is 7.05.